The molecule has 5 heteroatoms. The number of carbonyl (C=O) groups excluding carboxylic acids is 1. The maximum Gasteiger partial charge on any atom is 0.365 e. The molecule has 0 aliphatic carbocycles. The van der Waals surface area contributed by atoms with Gasteiger partial charge in [-0.05, 0) is 24.3 Å². The molecule has 0 saturated heterocycles. The van der Waals surface area contributed by atoms with Crippen molar-refractivity contribution in [3.63, 3.8) is 0 Å². The average Bonchev–Trinajstić information content (AvgIpc) is 2.59. The Hall–Kier alpha value is -2.82. The molecule has 1 aliphatic rings. The summed E-state index contributed by atoms with van der Waals surface area (Å²) in [5.74, 6) is 0.913. The van der Waals surface area contributed by atoms with Crippen LogP contribution >= 0.6 is 0 Å². The third-order valence-corrected chi connectivity index (χ3v) is 3.34. The molecule has 0 atom stereocenters. The van der Waals surface area contributed by atoms with Crippen molar-refractivity contribution >= 4 is 11.7 Å². The molecule has 2 aromatic rings. The summed E-state index contributed by atoms with van der Waals surface area (Å²) in [4.78, 5) is 17.0. The predicted molar refractivity (Wildman–Crippen MR) is 81.5 cm³/mol. The van der Waals surface area contributed by atoms with Gasteiger partial charge in [-0.25, -0.2) is 4.79 Å². The summed E-state index contributed by atoms with van der Waals surface area (Å²) in [5, 5.41) is 4.00. The van der Waals surface area contributed by atoms with Gasteiger partial charge in [-0.2, -0.15) is 0 Å². The Balaban J connectivity index is 1.80. The van der Waals surface area contributed by atoms with Gasteiger partial charge in [0, 0.05) is 18.1 Å². The summed E-state index contributed by atoms with van der Waals surface area (Å²) >= 11 is 0. The van der Waals surface area contributed by atoms with E-state index in [0.717, 1.165) is 5.56 Å². The molecule has 1 aliphatic heterocycles. The molecule has 0 spiro atoms. The second kappa shape index (κ2) is 6.30. The van der Waals surface area contributed by atoms with E-state index < -0.39 is 5.97 Å². The highest BCUT2D eigenvalue weighted by molar-refractivity contribution is 6.04. The third-order valence-electron chi connectivity index (χ3n) is 3.34. The number of hydrogen-bond donors (Lipinski definition) is 0. The number of hydrogen-bond acceptors (Lipinski definition) is 5. The highest BCUT2D eigenvalue weighted by atomic mass is 16.7. The fraction of sp³-hybridized carbons (Fsp3) is 0.176. The molecular weight excluding hydrogens is 282 g/mol. The Morgan fingerprint density at radius 2 is 2.00 bits per heavy atom. The molecule has 3 rings (SSSR count). The molecule has 2 aromatic carbocycles. The van der Waals surface area contributed by atoms with E-state index in [1.54, 1.807) is 37.4 Å². The van der Waals surface area contributed by atoms with E-state index in [2.05, 4.69) is 5.16 Å². The normalized spacial score (nSPS) is 14.9. The fourth-order valence-electron chi connectivity index (χ4n) is 2.20. The van der Waals surface area contributed by atoms with E-state index in [1.807, 2.05) is 18.2 Å². The Morgan fingerprint density at radius 3 is 2.77 bits per heavy atom. The van der Waals surface area contributed by atoms with Gasteiger partial charge in [0.2, 0.25) is 0 Å². The lowest BCUT2D eigenvalue weighted by Gasteiger charge is -2.19. The van der Waals surface area contributed by atoms with Crippen LogP contribution in [0.4, 0.5) is 0 Å². The maximum atomic E-state index is 11.9. The molecule has 0 N–H and O–H groups in total. The van der Waals surface area contributed by atoms with Crippen LogP contribution < -0.4 is 9.47 Å². The van der Waals surface area contributed by atoms with Crippen molar-refractivity contribution < 1.29 is 19.1 Å². The lowest BCUT2D eigenvalue weighted by atomic mass is 10.0. The number of nitrogens with zero attached hydrogens (tertiary/aromatic N) is 1. The third kappa shape index (κ3) is 2.93. The molecule has 0 fully saturated rings. The van der Waals surface area contributed by atoms with Gasteiger partial charge in [-0.15, -0.1) is 0 Å². The Labute approximate surface area is 128 Å². The summed E-state index contributed by atoms with van der Waals surface area (Å²) in [5.41, 5.74) is 1.97. The lowest BCUT2D eigenvalue weighted by molar-refractivity contribution is 0.0514. The molecule has 0 aromatic heterocycles. The van der Waals surface area contributed by atoms with Crippen molar-refractivity contribution in [1.29, 1.82) is 0 Å². The van der Waals surface area contributed by atoms with Crippen LogP contribution in [0.3, 0.4) is 0 Å². The van der Waals surface area contributed by atoms with Crippen LogP contribution in [0.5, 0.6) is 11.5 Å². The molecule has 0 saturated carbocycles. The molecule has 22 heavy (non-hydrogen) atoms. The van der Waals surface area contributed by atoms with Gasteiger partial charge < -0.3 is 14.3 Å². The number of rotatable bonds is 3. The molecule has 1 heterocycles. The van der Waals surface area contributed by atoms with E-state index >= 15 is 0 Å². The SMILES string of the molecule is COc1ccc2c(c1)OCC/C2=N/OC(=O)c1ccccc1. The highest BCUT2D eigenvalue weighted by Crippen LogP contribution is 2.29. The number of methoxy groups -OCH3 is 1. The van der Waals surface area contributed by atoms with Crippen molar-refractivity contribution in [3.05, 3.63) is 59.7 Å². The van der Waals surface area contributed by atoms with Gasteiger partial charge in [-0.1, -0.05) is 23.4 Å². The largest absolute Gasteiger partial charge is 0.497 e. The van der Waals surface area contributed by atoms with E-state index in [1.165, 1.54) is 0 Å². The quantitative estimate of drug-likeness (QED) is 0.645. The Bertz CT molecular complexity index is 710. The number of carbonyl (C=O) groups is 1. The van der Waals surface area contributed by atoms with Gasteiger partial charge in [0.05, 0.1) is 25.0 Å². The minimum atomic E-state index is -0.477. The monoisotopic (exact) mass is 297 g/mol. The van der Waals surface area contributed by atoms with E-state index in [-0.39, 0.29) is 0 Å². The molecule has 0 amide bonds. The lowest BCUT2D eigenvalue weighted by Crippen LogP contribution is -2.17. The minimum absolute atomic E-state index is 0.467. The molecule has 0 bridgehead atoms. The second-order valence-corrected chi connectivity index (χ2v) is 4.74. The molecule has 0 radical (unpaired) electrons. The van der Waals surface area contributed by atoms with E-state index in [0.29, 0.717) is 35.8 Å². The van der Waals surface area contributed by atoms with Gasteiger partial charge in [0.1, 0.15) is 11.5 Å². The van der Waals surface area contributed by atoms with Crippen molar-refractivity contribution in [3.8, 4) is 11.5 Å². The average molecular weight is 297 g/mol. The summed E-state index contributed by atoms with van der Waals surface area (Å²) in [6.07, 6.45) is 0.585. The van der Waals surface area contributed by atoms with Crippen LogP contribution in [0, 0.1) is 0 Å². The van der Waals surface area contributed by atoms with Gasteiger partial charge >= 0.3 is 5.97 Å². The highest BCUT2D eigenvalue weighted by Gasteiger charge is 2.19. The van der Waals surface area contributed by atoms with Gasteiger partial charge in [0.15, 0.2) is 0 Å². The first kappa shape index (κ1) is 14.1. The topological polar surface area (TPSA) is 57.1 Å². The zero-order valence-electron chi connectivity index (χ0n) is 12.1. The molecule has 112 valence electrons. The van der Waals surface area contributed by atoms with E-state index in [9.17, 15) is 4.79 Å². The van der Waals surface area contributed by atoms with Crippen molar-refractivity contribution in [2.75, 3.05) is 13.7 Å². The number of fused-ring (bicyclic) bond motifs is 1. The zero-order chi connectivity index (χ0) is 15.4. The van der Waals surface area contributed by atoms with Crippen LogP contribution in [-0.2, 0) is 4.84 Å². The van der Waals surface area contributed by atoms with Crippen molar-refractivity contribution in [1.82, 2.24) is 0 Å². The standard InChI is InChI=1S/C17H15NO4/c1-20-13-7-8-14-15(9-10-21-16(14)11-13)18-22-17(19)12-5-3-2-4-6-12/h2-8,11H,9-10H2,1H3/b18-15-. The summed E-state index contributed by atoms with van der Waals surface area (Å²) in [6.45, 7) is 0.488. The van der Waals surface area contributed by atoms with Crippen LogP contribution in [0.1, 0.15) is 22.3 Å². The molecule has 0 unspecified atom stereocenters. The zero-order valence-corrected chi connectivity index (χ0v) is 12.1. The number of benzene rings is 2. The first-order valence-electron chi connectivity index (χ1n) is 6.92. The first-order chi connectivity index (χ1) is 10.8. The summed E-state index contributed by atoms with van der Waals surface area (Å²) in [6, 6.07) is 14.2. The fourth-order valence-corrected chi connectivity index (χ4v) is 2.20. The first-order valence-corrected chi connectivity index (χ1v) is 6.92. The smallest absolute Gasteiger partial charge is 0.365 e. The predicted octanol–water partition coefficient (Wildman–Crippen LogP) is 3.04. The van der Waals surface area contributed by atoms with E-state index in [4.69, 9.17) is 14.3 Å². The second-order valence-electron chi connectivity index (χ2n) is 4.74. The summed E-state index contributed by atoms with van der Waals surface area (Å²) < 4.78 is 10.8. The Kier molecular flexibility index (Phi) is 4.05. The van der Waals surface area contributed by atoms with Gasteiger partial charge in [0.25, 0.3) is 0 Å². The van der Waals surface area contributed by atoms with Crippen LogP contribution in [-0.4, -0.2) is 25.4 Å². The number of ether oxygens (including phenoxy) is 2. The van der Waals surface area contributed by atoms with Gasteiger partial charge in [-0.3, -0.25) is 0 Å². The van der Waals surface area contributed by atoms with Crippen LogP contribution in [0.25, 0.3) is 0 Å². The van der Waals surface area contributed by atoms with Crippen molar-refractivity contribution in [2.45, 2.75) is 6.42 Å². The summed E-state index contributed by atoms with van der Waals surface area (Å²) in [7, 11) is 1.60. The molecule has 5 nitrogen and oxygen atoms in total. The van der Waals surface area contributed by atoms with Crippen LogP contribution in [0.15, 0.2) is 53.7 Å². The number of oxime groups is 1. The Morgan fingerprint density at radius 1 is 1.18 bits per heavy atom. The van der Waals surface area contributed by atoms with Crippen molar-refractivity contribution in [2.24, 2.45) is 5.16 Å². The molecular formula is C17H15NO4. The maximum absolute atomic E-state index is 11.9. The van der Waals surface area contributed by atoms with Crippen LogP contribution in [0.2, 0.25) is 0 Å². The minimum Gasteiger partial charge on any atom is -0.497 e.